The summed E-state index contributed by atoms with van der Waals surface area (Å²) in [5.74, 6) is -0.182. The van der Waals surface area contributed by atoms with E-state index in [1.165, 1.54) is 0 Å². The fraction of sp³-hybridized carbons (Fsp3) is 0. The Kier molecular flexibility index (Phi) is 5.17. The van der Waals surface area contributed by atoms with Crippen molar-refractivity contribution in [1.82, 2.24) is 9.78 Å². The Hall–Kier alpha value is -3.96. The van der Waals surface area contributed by atoms with Gasteiger partial charge in [0.1, 0.15) is 5.69 Å². The summed E-state index contributed by atoms with van der Waals surface area (Å²) in [4.78, 5) is 14.1. The molecular formula is C26H19N3OS. The topological polar surface area (TPSA) is 46.9 Å². The van der Waals surface area contributed by atoms with Crippen LogP contribution in [-0.2, 0) is 0 Å². The van der Waals surface area contributed by atoms with Crippen LogP contribution in [0.15, 0.2) is 109 Å². The highest BCUT2D eigenvalue weighted by Gasteiger charge is 2.19. The largest absolute Gasteiger partial charge is 0.322 e. The summed E-state index contributed by atoms with van der Waals surface area (Å²) >= 11 is 1.57. The van der Waals surface area contributed by atoms with Gasteiger partial charge in [-0.05, 0) is 46.8 Å². The van der Waals surface area contributed by atoms with Crippen LogP contribution in [0.2, 0.25) is 0 Å². The quantitative estimate of drug-likeness (QED) is 0.351. The van der Waals surface area contributed by atoms with E-state index < -0.39 is 0 Å². The molecular weight excluding hydrogens is 402 g/mol. The first-order chi connectivity index (χ1) is 15.3. The number of para-hydroxylation sites is 1. The monoisotopic (exact) mass is 421 g/mol. The van der Waals surface area contributed by atoms with Gasteiger partial charge in [0.25, 0.3) is 5.91 Å². The van der Waals surface area contributed by atoms with Crippen LogP contribution in [0.3, 0.4) is 0 Å². The second kappa shape index (κ2) is 8.42. The van der Waals surface area contributed by atoms with Crippen molar-refractivity contribution in [3.05, 3.63) is 114 Å². The SMILES string of the molecule is O=C(Nc1ccc(-c2ccccc2)cc1)c1cn(-c2ccccc2)nc1-c1cccs1. The second-order valence-corrected chi connectivity index (χ2v) is 7.99. The number of hydrogen-bond acceptors (Lipinski definition) is 3. The molecule has 0 aliphatic heterocycles. The van der Waals surface area contributed by atoms with Crippen LogP contribution in [0.25, 0.3) is 27.4 Å². The van der Waals surface area contributed by atoms with E-state index in [0.29, 0.717) is 11.3 Å². The molecule has 0 unspecified atom stereocenters. The fourth-order valence-corrected chi connectivity index (χ4v) is 4.15. The number of benzene rings is 3. The van der Waals surface area contributed by atoms with Crippen molar-refractivity contribution in [2.75, 3.05) is 5.32 Å². The van der Waals surface area contributed by atoms with E-state index in [1.54, 1.807) is 22.2 Å². The Morgan fingerprint density at radius 3 is 2.13 bits per heavy atom. The van der Waals surface area contributed by atoms with Gasteiger partial charge in [0, 0.05) is 11.9 Å². The van der Waals surface area contributed by atoms with E-state index in [-0.39, 0.29) is 5.91 Å². The number of carbonyl (C=O) groups is 1. The molecule has 150 valence electrons. The van der Waals surface area contributed by atoms with Gasteiger partial charge in [-0.3, -0.25) is 4.79 Å². The van der Waals surface area contributed by atoms with Crippen LogP contribution >= 0.6 is 11.3 Å². The van der Waals surface area contributed by atoms with Gasteiger partial charge < -0.3 is 5.32 Å². The van der Waals surface area contributed by atoms with Gasteiger partial charge in [-0.25, -0.2) is 4.68 Å². The number of aromatic nitrogens is 2. The predicted octanol–water partition coefficient (Wildman–Crippen LogP) is 6.52. The zero-order chi connectivity index (χ0) is 21.0. The number of thiophene rings is 1. The summed E-state index contributed by atoms with van der Waals surface area (Å²) in [6, 6.07) is 31.8. The number of nitrogens with zero attached hydrogens (tertiary/aromatic N) is 2. The van der Waals surface area contributed by atoms with E-state index in [4.69, 9.17) is 5.10 Å². The van der Waals surface area contributed by atoms with Gasteiger partial charge in [0.15, 0.2) is 0 Å². The van der Waals surface area contributed by atoms with Crippen molar-refractivity contribution in [2.24, 2.45) is 0 Å². The Morgan fingerprint density at radius 2 is 1.45 bits per heavy atom. The minimum Gasteiger partial charge on any atom is -0.322 e. The number of carbonyl (C=O) groups excluding carboxylic acids is 1. The number of amides is 1. The Bertz CT molecular complexity index is 1290. The molecule has 31 heavy (non-hydrogen) atoms. The van der Waals surface area contributed by atoms with Crippen LogP contribution in [0, 0.1) is 0 Å². The first kappa shape index (κ1) is 19.0. The van der Waals surface area contributed by atoms with Crippen molar-refractivity contribution >= 4 is 22.9 Å². The molecule has 1 amide bonds. The Balaban J connectivity index is 1.44. The fourth-order valence-electron chi connectivity index (χ4n) is 3.42. The molecule has 5 aromatic rings. The highest BCUT2D eigenvalue weighted by Crippen LogP contribution is 2.29. The van der Waals surface area contributed by atoms with Gasteiger partial charge in [0.2, 0.25) is 0 Å². The van der Waals surface area contributed by atoms with Crippen molar-refractivity contribution in [3.63, 3.8) is 0 Å². The van der Waals surface area contributed by atoms with Crippen molar-refractivity contribution in [1.29, 1.82) is 0 Å². The Morgan fingerprint density at radius 1 is 0.774 bits per heavy atom. The third-order valence-corrected chi connectivity index (χ3v) is 5.86. The summed E-state index contributed by atoms with van der Waals surface area (Å²) in [6.45, 7) is 0. The molecule has 0 atom stereocenters. The molecule has 5 heteroatoms. The molecule has 5 rings (SSSR count). The maximum atomic E-state index is 13.2. The van der Waals surface area contributed by atoms with Crippen molar-refractivity contribution < 1.29 is 4.79 Å². The molecule has 2 heterocycles. The van der Waals surface area contributed by atoms with Gasteiger partial charge in [-0.2, -0.15) is 5.10 Å². The minimum atomic E-state index is -0.182. The number of nitrogens with one attached hydrogen (secondary N) is 1. The zero-order valence-electron chi connectivity index (χ0n) is 16.6. The Labute approximate surface area is 184 Å². The van der Waals surface area contributed by atoms with Crippen LogP contribution in [0.1, 0.15) is 10.4 Å². The van der Waals surface area contributed by atoms with E-state index in [2.05, 4.69) is 17.4 Å². The maximum Gasteiger partial charge on any atom is 0.259 e. The van der Waals surface area contributed by atoms with Crippen LogP contribution in [-0.4, -0.2) is 15.7 Å². The number of anilines is 1. The summed E-state index contributed by atoms with van der Waals surface area (Å²) in [6.07, 6.45) is 1.79. The standard InChI is InChI=1S/C26H19N3OS/c30-26(27-21-15-13-20(14-16-21)19-8-3-1-4-9-19)23-18-29(22-10-5-2-6-11-22)28-25(23)24-12-7-17-31-24/h1-18H,(H,27,30). The molecule has 0 saturated carbocycles. The molecule has 1 N–H and O–H groups in total. The average molecular weight is 422 g/mol. The highest BCUT2D eigenvalue weighted by atomic mass is 32.1. The van der Waals surface area contributed by atoms with Gasteiger partial charge in [-0.1, -0.05) is 66.7 Å². The van der Waals surface area contributed by atoms with Crippen molar-refractivity contribution in [2.45, 2.75) is 0 Å². The lowest BCUT2D eigenvalue weighted by atomic mass is 10.1. The number of hydrogen-bond donors (Lipinski definition) is 1. The molecule has 4 nitrogen and oxygen atoms in total. The molecule has 0 bridgehead atoms. The molecule has 2 aromatic heterocycles. The molecule has 0 spiro atoms. The smallest absolute Gasteiger partial charge is 0.259 e. The average Bonchev–Trinajstić information content (AvgIpc) is 3.51. The van der Waals surface area contributed by atoms with E-state index in [0.717, 1.165) is 27.4 Å². The second-order valence-electron chi connectivity index (χ2n) is 7.05. The third-order valence-electron chi connectivity index (χ3n) is 4.98. The molecule has 0 radical (unpaired) electrons. The van der Waals surface area contributed by atoms with Gasteiger partial charge >= 0.3 is 0 Å². The lowest BCUT2D eigenvalue weighted by molar-refractivity contribution is 0.102. The van der Waals surface area contributed by atoms with Crippen LogP contribution in [0.4, 0.5) is 5.69 Å². The van der Waals surface area contributed by atoms with E-state index >= 15 is 0 Å². The predicted molar refractivity (Wildman–Crippen MR) is 127 cm³/mol. The lowest BCUT2D eigenvalue weighted by Gasteiger charge is -2.07. The minimum absolute atomic E-state index is 0.182. The van der Waals surface area contributed by atoms with Crippen LogP contribution in [0.5, 0.6) is 0 Å². The zero-order valence-corrected chi connectivity index (χ0v) is 17.4. The normalized spacial score (nSPS) is 10.7. The first-order valence-corrected chi connectivity index (χ1v) is 10.8. The maximum absolute atomic E-state index is 13.2. The third kappa shape index (κ3) is 4.04. The van der Waals surface area contributed by atoms with Gasteiger partial charge in [-0.15, -0.1) is 11.3 Å². The summed E-state index contributed by atoms with van der Waals surface area (Å²) < 4.78 is 1.75. The van der Waals surface area contributed by atoms with Crippen LogP contribution < -0.4 is 5.32 Å². The van der Waals surface area contributed by atoms with E-state index in [9.17, 15) is 4.79 Å². The van der Waals surface area contributed by atoms with Gasteiger partial charge in [0.05, 0.1) is 16.1 Å². The summed E-state index contributed by atoms with van der Waals surface area (Å²) in [5, 5.41) is 9.71. The lowest BCUT2D eigenvalue weighted by Crippen LogP contribution is -2.12. The van der Waals surface area contributed by atoms with Crippen molar-refractivity contribution in [3.8, 4) is 27.4 Å². The highest BCUT2D eigenvalue weighted by molar-refractivity contribution is 7.13. The summed E-state index contributed by atoms with van der Waals surface area (Å²) in [5.41, 5.74) is 5.12. The molecule has 0 aliphatic carbocycles. The van der Waals surface area contributed by atoms with E-state index in [1.807, 2.05) is 90.3 Å². The molecule has 0 fully saturated rings. The molecule has 0 aliphatic rings. The summed E-state index contributed by atoms with van der Waals surface area (Å²) in [7, 11) is 0. The first-order valence-electron chi connectivity index (χ1n) is 9.94. The molecule has 3 aromatic carbocycles. The number of rotatable bonds is 5. The molecule has 0 saturated heterocycles.